The second-order valence-electron chi connectivity index (χ2n) is 5.85. The standard InChI is InChI=1S/C14H21N3O3/c1-9-5-12(10(2)16-15-9)13(19)17-6-11(7-18)20-14(3,4)8-17/h5,11,18H,6-8H2,1-4H3. The number of carbonyl (C=O) groups is 1. The number of hydrogen-bond acceptors (Lipinski definition) is 5. The highest BCUT2D eigenvalue weighted by Gasteiger charge is 2.36. The number of aromatic nitrogens is 2. The molecule has 1 amide bonds. The summed E-state index contributed by atoms with van der Waals surface area (Å²) in [5, 5.41) is 17.2. The Kier molecular flexibility index (Phi) is 4.06. The molecule has 0 radical (unpaired) electrons. The summed E-state index contributed by atoms with van der Waals surface area (Å²) in [6.45, 7) is 8.19. The maximum absolute atomic E-state index is 12.6. The number of hydrogen-bond donors (Lipinski definition) is 1. The Bertz CT molecular complexity index is 516. The quantitative estimate of drug-likeness (QED) is 0.862. The zero-order valence-electron chi connectivity index (χ0n) is 12.4. The van der Waals surface area contributed by atoms with Gasteiger partial charge in [0.25, 0.3) is 5.91 Å². The summed E-state index contributed by atoms with van der Waals surface area (Å²) >= 11 is 0. The molecule has 1 fully saturated rings. The number of amides is 1. The molecular weight excluding hydrogens is 258 g/mol. The van der Waals surface area contributed by atoms with E-state index in [0.29, 0.717) is 30.0 Å². The fourth-order valence-electron chi connectivity index (χ4n) is 2.48. The van der Waals surface area contributed by atoms with E-state index < -0.39 is 5.60 Å². The van der Waals surface area contributed by atoms with E-state index in [9.17, 15) is 9.90 Å². The Labute approximate surface area is 118 Å². The minimum atomic E-state index is -0.468. The number of morpholine rings is 1. The van der Waals surface area contributed by atoms with Gasteiger partial charge in [-0.3, -0.25) is 4.79 Å². The minimum Gasteiger partial charge on any atom is -0.394 e. The summed E-state index contributed by atoms with van der Waals surface area (Å²) in [6, 6.07) is 1.75. The Morgan fingerprint density at radius 2 is 2.20 bits per heavy atom. The van der Waals surface area contributed by atoms with E-state index in [-0.39, 0.29) is 18.6 Å². The molecule has 1 aromatic rings. The van der Waals surface area contributed by atoms with Crippen molar-refractivity contribution in [3.8, 4) is 0 Å². The van der Waals surface area contributed by atoms with Crippen molar-refractivity contribution in [3.05, 3.63) is 23.0 Å². The van der Waals surface area contributed by atoms with Crippen LogP contribution in [-0.2, 0) is 4.74 Å². The normalized spacial score (nSPS) is 21.9. The van der Waals surface area contributed by atoms with Crippen LogP contribution in [0.2, 0.25) is 0 Å². The minimum absolute atomic E-state index is 0.0877. The molecule has 20 heavy (non-hydrogen) atoms. The van der Waals surface area contributed by atoms with E-state index in [0.717, 1.165) is 0 Å². The van der Waals surface area contributed by atoms with Gasteiger partial charge < -0.3 is 14.7 Å². The topological polar surface area (TPSA) is 75.6 Å². The Hall–Kier alpha value is -1.53. The van der Waals surface area contributed by atoms with E-state index in [2.05, 4.69) is 10.2 Å². The highest BCUT2D eigenvalue weighted by atomic mass is 16.5. The molecule has 1 N–H and O–H groups in total. The van der Waals surface area contributed by atoms with Gasteiger partial charge in [0.1, 0.15) is 0 Å². The molecule has 0 bridgehead atoms. The first-order chi connectivity index (χ1) is 9.32. The van der Waals surface area contributed by atoms with Gasteiger partial charge in [-0.1, -0.05) is 0 Å². The van der Waals surface area contributed by atoms with Crippen LogP contribution in [-0.4, -0.2) is 57.5 Å². The highest BCUT2D eigenvalue weighted by Crippen LogP contribution is 2.23. The van der Waals surface area contributed by atoms with E-state index in [4.69, 9.17) is 4.74 Å². The lowest BCUT2D eigenvalue weighted by molar-refractivity contribution is -0.139. The number of ether oxygens (including phenoxy) is 1. The highest BCUT2D eigenvalue weighted by molar-refractivity contribution is 5.95. The lowest BCUT2D eigenvalue weighted by Crippen LogP contribution is -2.55. The van der Waals surface area contributed by atoms with E-state index in [1.807, 2.05) is 20.8 Å². The zero-order valence-corrected chi connectivity index (χ0v) is 12.4. The summed E-state index contributed by atoms with van der Waals surface area (Å²) in [7, 11) is 0. The maximum Gasteiger partial charge on any atom is 0.256 e. The van der Waals surface area contributed by atoms with Crippen molar-refractivity contribution in [1.82, 2.24) is 15.1 Å². The molecular formula is C14H21N3O3. The molecule has 6 heteroatoms. The van der Waals surface area contributed by atoms with Crippen molar-refractivity contribution in [2.24, 2.45) is 0 Å². The molecule has 2 rings (SSSR count). The first-order valence-corrected chi connectivity index (χ1v) is 6.71. The van der Waals surface area contributed by atoms with Crippen molar-refractivity contribution in [3.63, 3.8) is 0 Å². The Balaban J connectivity index is 2.25. The molecule has 1 unspecified atom stereocenters. The smallest absolute Gasteiger partial charge is 0.256 e. The van der Waals surface area contributed by atoms with Crippen LogP contribution in [0.1, 0.15) is 35.6 Å². The monoisotopic (exact) mass is 279 g/mol. The van der Waals surface area contributed by atoms with Crippen molar-refractivity contribution in [2.45, 2.75) is 39.4 Å². The van der Waals surface area contributed by atoms with E-state index >= 15 is 0 Å². The van der Waals surface area contributed by atoms with Crippen molar-refractivity contribution in [2.75, 3.05) is 19.7 Å². The molecule has 0 aliphatic carbocycles. The third-order valence-corrected chi connectivity index (χ3v) is 3.30. The Morgan fingerprint density at radius 3 is 2.85 bits per heavy atom. The Morgan fingerprint density at radius 1 is 1.50 bits per heavy atom. The lowest BCUT2D eigenvalue weighted by Gasteiger charge is -2.42. The summed E-state index contributed by atoms with van der Waals surface area (Å²) < 4.78 is 5.72. The fraction of sp³-hybridized carbons (Fsp3) is 0.643. The van der Waals surface area contributed by atoms with Crippen LogP contribution in [0.15, 0.2) is 6.07 Å². The summed E-state index contributed by atoms with van der Waals surface area (Å²) in [5.41, 5.74) is 1.42. The average Bonchev–Trinajstić information content (AvgIpc) is 2.38. The molecule has 1 saturated heterocycles. The lowest BCUT2D eigenvalue weighted by atomic mass is 10.0. The van der Waals surface area contributed by atoms with Crippen LogP contribution >= 0.6 is 0 Å². The zero-order chi connectivity index (χ0) is 14.9. The van der Waals surface area contributed by atoms with Crippen LogP contribution in [0, 0.1) is 13.8 Å². The van der Waals surface area contributed by atoms with Gasteiger partial charge in [-0.2, -0.15) is 10.2 Å². The average molecular weight is 279 g/mol. The number of aryl methyl sites for hydroxylation is 2. The van der Waals surface area contributed by atoms with Crippen molar-refractivity contribution in [1.29, 1.82) is 0 Å². The van der Waals surface area contributed by atoms with E-state index in [1.165, 1.54) is 0 Å². The van der Waals surface area contributed by atoms with Crippen LogP contribution in [0.4, 0.5) is 0 Å². The van der Waals surface area contributed by atoms with Crippen molar-refractivity contribution < 1.29 is 14.6 Å². The summed E-state index contributed by atoms with van der Waals surface area (Å²) in [6.07, 6.45) is -0.348. The number of carbonyl (C=O) groups excluding carboxylic acids is 1. The van der Waals surface area contributed by atoms with Gasteiger partial charge in [0, 0.05) is 13.1 Å². The molecule has 1 aliphatic rings. The third-order valence-electron chi connectivity index (χ3n) is 3.30. The first kappa shape index (κ1) is 14.9. The van der Waals surface area contributed by atoms with E-state index in [1.54, 1.807) is 17.9 Å². The van der Waals surface area contributed by atoms with Crippen molar-refractivity contribution >= 4 is 5.91 Å². The predicted molar refractivity (Wildman–Crippen MR) is 73.4 cm³/mol. The predicted octanol–water partition coefficient (Wildman–Crippen LogP) is 0.705. The summed E-state index contributed by atoms with van der Waals surface area (Å²) in [4.78, 5) is 14.4. The SMILES string of the molecule is Cc1cc(C(=O)N2CC(CO)OC(C)(C)C2)c(C)nn1. The molecule has 110 valence electrons. The number of rotatable bonds is 2. The van der Waals surface area contributed by atoms with Crippen LogP contribution in [0.25, 0.3) is 0 Å². The number of nitrogens with zero attached hydrogens (tertiary/aromatic N) is 3. The third kappa shape index (κ3) is 3.13. The molecule has 1 atom stereocenters. The molecule has 0 saturated carbocycles. The van der Waals surface area contributed by atoms with Crippen LogP contribution in [0.3, 0.4) is 0 Å². The van der Waals surface area contributed by atoms with Gasteiger partial charge in [0.15, 0.2) is 0 Å². The fourth-order valence-corrected chi connectivity index (χ4v) is 2.48. The van der Waals surface area contributed by atoms with Gasteiger partial charge >= 0.3 is 0 Å². The molecule has 2 heterocycles. The molecule has 1 aliphatic heterocycles. The second-order valence-corrected chi connectivity index (χ2v) is 5.85. The second kappa shape index (κ2) is 5.46. The molecule has 1 aromatic heterocycles. The van der Waals surface area contributed by atoms with Crippen LogP contribution in [0.5, 0.6) is 0 Å². The molecule has 0 spiro atoms. The van der Waals surface area contributed by atoms with Gasteiger partial charge in [-0.05, 0) is 33.8 Å². The first-order valence-electron chi connectivity index (χ1n) is 6.71. The number of aliphatic hydroxyl groups excluding tert-OH is 1. The molecule has 6 nitrogen and oxygen atoms in total. The summed E-state index contributed by atoms with van der Waals surface area (Å²) in [5.74, 6) is -0.0877. The van der Waals surface area contributed by atoms with Crippen LogP contribution < -0.4 is 0 Å². The van der Waals surface area contributed by atoms with Gasteiger partial charge in [0.2, 0.25) is 0 Å². The molecule has 0 aromatic carbocycles. The maximum atomic E-state index is 12.6. The largest absolute Gasteiger partial charge is 0.394 e. The van der Waals surface area contributed by atoms with Gasteiger partial charge in [-0.25, -0.2) is 0 Å². The number of aliphatic hydroxyl groups is 1. The van der Waals surface area contributed by atoms with Gasteiger partial charge in [0.05, 0.1) is 35.3 Å². The van der Waals surface area contributed by atoms with Gasteiger partial charge in [-0.15, -0.1) is 0 Å².